The van der Waals surface area contributed by atoms with E-state index in [1.54, 1.807) is 24.3 Å². The molecule has 0 saturated heterocycles. The molecule has 26 heavy (non-hydrogen) atoms. The smallest absolute Gasteiger partial charge is 0.416 e. The highest BCUT2D eigenvalue weighted by atomic mass is 19.4. The summed E-state index contributed by atoms with van der Waals surface area (Å²) in [6, 6.07) is 10.4. The van der Waals surface area contributed by atoms with Crippen LogP contribution in [0.2, 0.25) is 0 Å². The Bertz CT molecular complexity index is 887. The second-order valence-corrected chi connectivity index (χ2v) is 6.70. The van der Waals surface area contributed by atoms with Gasteiger partial charge < -0.3 is 10.4 Å². The molecule has 134 valence electrons. The van der Waals surface area contributed by atoms with Crippen molar-refractivity contribution in [2.24, 2.45) is 5.92 Å². The second-order valence-electron chi connectivity index (χ2n) is 6.70. The van der Waals surface area contributed by atoms with Crippen molar-refractivity contribution in [3.8, 4) is 0 Å². The van der Waals surface area contributed by atoms with Gasteiger partial charge >= 0.3 is 12.1 Å². The maximum absolute atomic E-state index is 13.1. The highest BCUT2D eigenvalue weighted by Gasteiger charge is 2.39. The molecule has 1 aliphatic carbocycles. The first-order valence-corrected chi connectivity index (χ1v) is 8.32. The van der Waals surface area contributed by atoms with E-state index >= 15 is 0 Å². The first kappa shape index (κ1) is 16.7. The number of halogens is 3. The van der Waals surface area contributed by atoms with Crippen LogP contribution in [0.25, 0.3) is 0 Å². The van der Waals surface area contributed by atoms with Crippen LogP contribution in [0.5, 0.6) is 0 Å². The molecule has 3 atom stereocenters. The molecule has 0 spiro atoms. The number of carbonyl (C=O) groups is 1. The number of benzene rings is 2. The summed E-state index contributed by atoms with van der Waals surface area (Å²) in [7, 11) is 0. The fraction of sp³-hybridized carbons (Fsp3) is 0.250. The van der Waals surface area contributed by atoms with E-state index in [9.17, 15) is 18.0 Å². The van der Waals surface area contributed by atoms with Gasteiger partial charge in [0.2, 0.25) is 0 Å². The zero-order chi connectivity index (χ0) is 18.5. The summed E-state index contributed by atoms with van der Waals surface area (Å²) in [4.78, 5) is 11.0. The Morgan fingerprint density at radius 3 is 2.50 bits per heavy atom. The summed E-state index contributed by atoms with van der Waals surface area (Å²) in [6.45, 7) is 0. The Labute approximate surface area is 148 Å². The Morgan fingerprint density at radius 1 is 1.12 bits per heavy atom. The molecule has 2 N–H and O–H groups in total. The number of alkyl halides is 3. The SMILES string of the molecule is O=C(O)c1ccc([C@@H]2Nc3ccc(C(F)(F)F)cc3[C@@H]3C=CC[C@H]32)cc1. The van der Waals surface area contributed by atoms with Crippen molar-refractivity contribution in [3.05, 3.63) is 76.9 Å². The van der Waals surface area contributed by atoms with Crippen LogP contribution in [0, 0.1) is 5.92 Å². The van der Waals surface area contributed by atoms with Crippen LogP contribution in [-0.4, -0.2) is 11.1 Å². The van der Waals surface area contributed by atoms with Gasteiger partial charge in [-0.15, -0.1) is 0 Å². The number of nitrogens with one attached hydrogen (secondary N) is 1. The number of hydrogen-bond donors (Lipinski definition) is 2. The zero-order valence-electron chi connectivity index (χ0n) is 13.6. The fourth-order valence-corrected chi connectivity index (χ4v) is 3.93. The third-order valence-corrected chi connectivity index (χ3v) is 5.21. The molecule has 0 aromatic heterocycles. The summed E-state index contributed by atoms with van der Waals surface area (Å²) < 4.78 is 39.2. The topological polar surface area (TPSA) is 49.3 Å². The van der Waals surface area contributed by atoms with Gasteiger partial charge in [-0.1, -0.05) is 24.3 Å². The first-order chi connectivity index (χ1) is 12.3. The summed E-state index contributed by atoms with van der Waals surface area (Å²) >= 11 is 0. The quantitative estimate of drug-likeness (QED) is 0.722. The van der Waals surface area contributed by atoms with Crippen LogP contribution in [0.3, 0.4) is 0 Å². The van der Waals surface area contributed by atoms with Gasteiger partial charge in [-0.3, -0.25) is 0 Å². The molecule has 0 unspecified atom stereocenters. The number of rotatable bonds is 2. The Hall–Kier alpha value is -2.76. The monoisotopic (exact) mass is 359 g/mol. The van der Waals surface area contributed by atoms with Gasteiger partial charge in [0.1, 0.15) is 0 Å². The summed E-state index contributed by atoms with van der Waals surface area (Å²) in [5.41, 5.74) is 1.86. The molecule has 0 amide bonds. The molecule has 0 radical (unpaired) electrons. The molecule has 1 aliphatic heterocycles. The van der Waals surface area contributed by atoms with Gasteiger partial charge in [-0.05, 0) is 53.8 Å². The van der Waals surface area contributed by atoms with E-state index in [4.69, 9.17) is 5.11 Å². The fourth-order valence-electron chi connectivity index (χ4n) is 3.93. The van der Waals surface area contributed by atoms with E-state index < -0.39 is 17.7 Å². The van der Waals surface area contributed by atoms with Crippen LogP contribution < -0.4 is 5.32 Å². The lowest BCUT2D eigenvalue weighted by Crippen LogP contribution is -2.29. The number of hydrogen-bond acceptors (Lipinski definition) is 2. The van der Waals surface area contributed by atoms with E-state index in [-0.39, 0.29) is 23.4 Å². The molecule has 0 bridgehead atoms. The molecule has 2 aromatic carbocycles. The van der Waals surface area contributed by atoms with Crippen molar-refractivity contribution in [2.45, 2.75) is 24.6 Å². The number of aromatic carboxylic acids is 1. The standard InChI is InChI=1S/C20H16F3NO2/c21-20(22,23)13-8-9-17-16(10-13)14-2-1-3-15(14)18(24-17)11-4-6-12(7-5-11)19(25)26/h1-2,4-10,14-15,18,24H,3H2,(H,25,26)/t14-,15-,18+/m1/s1. The number of carboxylic acids is 1. The van der Waals surface area contributed by atoms with Gasteiger partial charge in [-0.2, -0.15) is 13.2 Å². The molecule has 2 aliphatic rings. The molecule has 4 rings (SSSR count). The Kier molecular flexibility index (Phi) is 3.79. The van der Waals surface area contributed by atoms with Crippen molar-refractivity contribution in [1.82, 2.24) is 0 Å². The van der Waals surface area contributed by atoms with E-state index in [0.717, 1.165) is 18.1 Å². The maximum atomic E-state index is 13.1. The average molecular weight is 359 g/mol. The molecule has 0 saturated carbocycles. The minimum absolute atomic E-state index is 0.0814. The Balaban J connectivity index is 1.72. The van der Waals surface area contributed by atoms with Crippen molar-refractivity contribution >= 4 is 11.7 Å². The number of fused-ring (bicyclic) bond motifs is 3. The number of allylic oxidation sites excluding steroid dienone is 2. The number of carboxylic acid groups (broad SMARTS) is 1. The van der Waals surface area contributed by atoms with Crippen LogP contribution in [0.15, 0.2) is 54.6 Å². The molecule has 0 fully saturated rings. The molecule has 2 aromatic rings. The van der Waals surface area contributed by atoms with Crippen molar-refractivity contribution in [3.63, 3.8) is 0 Å². The van der Waals surface area contributed by atoms with E-state index in [1.807, 2.05) is 12.2 Å². The lowest BCUT2D eigenvalue weighted by Gasteiger charge is -2.38. The highest BCUT2D eigenvalue weighted by Crippen LogP contribution is 2.50. The van der Waals surface area contributed by atoms with Gasteiger partial charge in [-0.25, -0.2) is 4.79 Å². The molecule has 1 heterocycles. The van der Waals surface area contributed by atoms with Crippen molar-refractivity contribution in [2.75, 3.05) is 5.32 Å². The van der Waals surface area contributed by atoms with Gasteiger partial charge in [0.25, 0.3) is 0 Å². The van der Waals surface area contributed by atoms with E-state index in [0.29, 0.717) is 11.3 Å². The Morgan fingerprint density at radius 2 is 1.85 bits per heavy atom. The summed E-state index contributed by atoms with van der Waals surface area (Å²) in [6.07, 6.45) is 0.378. The first-order valence-electron chi connectivity index (χ1n) is 8.32. The lowest BCUT2D eigenvalue weighted by atomic mass is 9.76. The lowest BCUT2D eigenvalue weighted by molar-refractivity contribution is -0.137. The normalized spacial score (nSPS) is 23.9. The average Bonchev–Trinajstić information content (AvgIpc) is 3.10. The van der Waals surface area contributed by atoms with Gasteiger partial charge in [0.15, 0.2) is 0 Å². The van der Waals surface area contributed by atoms with Crippen molar-refractivity contribution in [1.29, 1.82) is 0 Å². The molecule has 6 heteroatoms. The van der Waals surface area contributed by atoms with Gasteiger partial charge in [0.05, 0.1) is 17.2 Å². The van der Waals surface area contributed by atoms with E-state index in [2.05, 4.69) is 5.32 Å². The molecule has 3 nitrogen and oxygen atoms in total. The van der Waals surface area contributed by atoms with Crippen LogP contribution >= 0.6 is 0 Å². The minimum atomic E-state index is -4.36. The summed E-state index contributed by atoms with van der Waals surface area (Å²) in [5, 5.41) is 12.4. The van der Waals surface area contributed by atoms with E-state index in [1.165, 1.54) is 12.1 Å². The second kappa shape index (κ2) is 5.90. The third-order valence-electron chi connectivity index (χ3n) is 5.21. The predicted octanol–water partition coefficient (Wildman–Crippen LogP) is 5.23. The maximum Gasteiger partial charge on any atom is 0.416 e. The third kappa shape index (κ3) is 2.75. The zero-order valence-corrected chi connectivity index (χ0v) is 13.6. The van der Waals surface area contributed by atoms with Crippen LogP contribution in [0.1, 0.15) is 45.4 Å². The van der Waals surface area contributed by atoms with Crippen molar-refractivity contribution < 1.29 is 23.1 Å². The molecular formula is C20H16F3NO2. The summed E-state index contributed by atoms with van der Waals surface area (Å²) in [5.74, 6) is -0.974. The van der Waals surface area contributed by atoms with Crippen LogP contribution in [-0.2, 0) is 6.18 Å². The van der Waals surface area contributed by atoms with Gasteiger partial charge in [0, 0.05) is 11.6 Å². The minimum Gasteiger partial charge on any atom is -0.478 e. The largest absolute Gasteiger partial charge is 0.478 e. The predicted molar refractivity (Wildman–Crippen MR) is 91.2 cm³/mol. The number of anilines is 1. The van der Waals surface area contributed by atoms with Crippen LogP contribution in [0.4, 0.5) is 18.9 Å². The highest BCUT2D eigenvalue weighted by molar-refractivity contribution is 5.87. The molecular weight excluding hydrogens is 343 g/mol.